The van der Waals surface area contributed by atoms with E-state index < -0.39 is 42.1 Å². The number of nitrogens with zero attached hydrogens (tertiary/aromatic N) is 6. The van der Waals surface area contributed by atoms with E-state index in [-0.39, 0.29) is 30.1 Å². The highest BCUT2D eigenvalue weighted by Gasteiger charge is 2.60. The van der Waals surface area contributed by atoms with Crippen LogP contribution in [0.4, 0.5) is 16.4 Å². The molecule has 2 aliphatic carbocycles. The number of methoxy groups -OCH3 is 1. The SMILES string of the molecule is [2H]C1(NC(=O)OC)CCC(n2c(=O)n(C([2H])([2H])[2H])c3cnc(Nc4cc(C)c5c(C)nc(C6(C(N)=O)CC6C)n5n4)cc32)C1. The zero-order valence-corrected chi connectivity index (χ0v) is 22.6. The Morgan fingerprint density at radius 1 is 1.25 bits per heavy atom. The second-order valence-corrected chi connectivity index (χ2v) is 10.7. The monoisotopic (exact) mass is 551 g/mol. The van der Waals surface area contributed by atoms with E-state index >= 15 is 0 Å². The van der Waals surface area contributed by atoms with Crippen LogP contribution in [-0.2, 0) is 21.9 Å². The molecule has 0 aromatic carbocycles. The number of alkyl carbamates (subject to hydrolysis) is 1. The van der Waals surface area contributed by atoms with Gasteiger partial charge in [-0.1, -0.05) is 6.92 Å². The number of rotatable bonds is 6. The van der Waals surface area contributed by atoms with Crippen LogP contribution in [0, 0.1) is 19.8 Å². The number of nitrogens with two attached hydrogens (primary N) is 1. The van der Waals surface area contributed by atoms with Crippen LogP contribution in [0.1, 0.15) is 61.2 Å². The lowest BCUT2D eigenvalue weighted by Crippen LogP contribution is -2.33. The largest absolute Gasteiger partial charge is 0.453 e. The van der Waals surface area contributed by atoms with Crippen molar-refractivity contribution in [2.45, 2.75) is 63.9 Å². The molecule has 0 aliphatic heterocycles. The second-order valence-electron chi connectivity index (χ2n) is 10.7. The topological polar surface area (TPSA) is 163 Å². The fourth-order valence-corrected chi connectivity index (χ4v) is 6.05. The lowest BCUT2D eigenvalue weighted by molar-refractivity contribution is -0.121. The van der Waals surface area contributed by atoms with Gasteiger partial charge in [0.1, 0.15) is 17.1 Å². The summed E-state index contributed by atoms with van der Waals surface area (Å²) < 4.78 is 41.1. The highest BCUT2D eigenvalue weighted by atomic mass is 16.5. The Bertz CT molecular complexity index is 1920. The first-order chi connectivity index (χ1) is 20.6. The maximum atomic E-state index is 13.6. The Hall–Kier alpha value is -4.42. The number of hydrogen-bond acceptors (Lipinski definition) is 8. The predicted octanol–water partition coefficient (Wildman–Crippen LogP) is 2.35. The minimum Gasteiger partial charge on any atom is -0.453 e. The summed E-state index contributed by atoms with van der Waals surface area (Å²) in [6, 6.07) is 1.40. The van der Waals surface area contributed by atoms with Crippen LogP contribution in [0.25, 0.3) is 16.6 Å². The van der Waals surface area contributed by atoms with E-state index in [0.29, 0.717) is 34.6 Å². The molecule has 2 amide bonds. The van der Waals surface area contributed by atoms with Crippen molar-refractivity contribution in [1.82, 2.24) is 34.0 Å². The molecule has 4 N–H and O–H groups in total. The van der Waals surface area contributed by atoms with Gasteiger partial charge in [0.25, 0.3) is 0 Å². The Balaban J connectivity index is 1.43. The number of hydrogen-bond donors (Lipinski definition) is 3. The Morgan fingerprint density at radius 3 is 2.70 bits per heavy atom. The van der Waals surface area contributed by atoms with Crippen molar-refractivity contribution < 1.29 is 19.8 Å². The van der Waals surface area contributed by atoms with Crippen molar-refractivity contribution in [2.75, 3.05) is 12.4 Å². The van der Waals surface area contributed by atoms with Crippen LogP contribution in [0.3, 0.4) is 0 Å². The van der Waals surface area contributed by atoms with Gasteiger partial charge < -0.3 is 21.1 Å². The molecular weight excluding hydrogens is 514 g/mol. The highest BCUT2D eigenvalue weighted by molar-refractivity contribution is 5.90. The summed E-state index contributed by atoms with van der Waals surface area (Å²) in [6.07, 6.45) is 1.76. The molecule has 0 spiro atoms. The van der Waals surface area contributed by atoms with Crippen LogP contribution < -0.4 is 22.1 Å². The number of ether oxygens (including phenoxy) is 1. The van der Waals surface area contributed by atoms with Gasteiger partial charge in [0.15, 0.2) is 5.82 Å². The molecule has 4 aromatic heterocycles. The average molecular weight is 552 g/mol. The van der Waals surface area contributed by atoms with Crippen molar-refractivity contribution >= 4 is 40.2 Å². The van der Waals surface area contributed by atoms with E-state index in [9.17, 15) is 14.4 Å². The summed E-state index contributed by atoms with van der Waals surface area (Å²) >= 11 is 0. The molecule has 2 aliphatic rings. The lowest BCUT2D eigenvalue weighted by atomic mass is 10.0. The summed E-state index contributed by atoms with van der Waals surface area (Å²) in [5, 5.41) is 10.4. The van der Waals surface area contributed by atoms with Crippen molar-refractivity contribution in [3.8, 4) is 0 Å². The van der Waals surface area contributed by atoms with Gasteiger partial charge >= 0.3 is 11.8 Å². The first-order valence-corrected chi connectivity index (χ1v) is 13.0. The summed E-state index contributed by atoms with van der Waals surface area (Å²) in [7, 11) is 1.20. The third-order valence-corrected chi connectivity index (χ3v) is 8.22. The molecule has 4 aromatic rings. The number of anilines is 2. The van der Waals surface area contributed by atoms with E-state index in [0.717, 1.165) is 16.8 Å². The minimum atomic E-state index is -2.78. The molecule has 0 radical (unpaired) electrons. The average Bonchev–Trinajstić information content (AvgIpc) is 3.15. The number of carbonyl (C=O) groups excluding carboxylic acids is 2. The summed E-state index contributed by atoms with van der Waals surface area (Å²) in [4.78, 5) is 47.0. The van der Waals surface area contributed by atoms with Crippen LogP contribution >= 0.6 is 0 Å². The molecule has 13 heteroatoms. The molecular formula is C27H33N9O4. The number of primary amides is 1. The van der Waals surface area contributed by atoms with Gasteiger partial charge in [0, 0.05) is 29.2 Å². The van der Waals surface area contributed by atoms with Gasteiger partial charge in [-0.2, -0.15) is 0 Å². The van der Waals surface area contributed by atoms with Gasteiger partial charge in [-0.05, 0) is 57.1 Å². The first-order valence-electron chi connectivity index (χ1n) is 15.0. The van der Waals surface area contributed by atoms with Gasteiger partial charge in [0.05, 0.1) is 36.9 Å². The Morgan fingerprint density at radius 2 is 2.02 bits per heavy atom. The Kier molecular flexibility index (Phi) is 4.85. The lowest BCUT2D eigenvalue weighted by Gasteiger charge is -2.15. The number of nitrogens with one attached hydrogen (secondary N) is 2. The molecule has 0 saturated heterocycles. The van der Waals surface area contributed by atoms with Crippen molar-refractivity contribution in [2.24, 2.45) is 18.6 Å². The summed E-state index contributed by atoms with van der Waals surface area (Å²) in [5.41, 5.74) is 6.86. The third-order valence-electron chi connectivity index (χ3n) is 8.22. The van der Waals surface area contributed by atoms with Crippen molar-refractivity contribution in [1.29, 1.82) is 0 Å². The first kappa shape index (κ1) is 21.4. The smallest absolute Gasteiger partial charge is 0.407 e. The van der Waals surface area contributed by atoms with Crippen molar-refractivity contribution in [3.05, 3.63) is 45.9 Å². The zero-order chi connectivity index (χ0) is 31.9. The molecule has 210 valence electrons. The molecule has 2 saturated carbocycles. The van der Waals surface area contributed by atoms with Crippen LogP contribution in [0.5, 0.6) is 0 Å². The van der Waals surface area contributed by atoms with Gasteiger partial charge in [-0.3, -0.25) is 13.9 Å². The molecule has 4 unspecified atom stereocenters. The van der Waals surface area contributed by atoms with E-state index in [2.05, 4.69) is 25.3 Å². The number of pyridine rings is 1. The number of amides is 2. The molecule has 40 heavy (non-hydrogen) atoms. The quantitative estimate of drug-likeness (QED) is 0.329. The summed E-state index contributed by atoms with van der Waals surface area (Å²) in [5.74, 6) is 0.706. The highest BCUT2D eigenvalue weighted by Crippen LogP contribution is 2.53. The summed E-state index contributed by atoms with van der Waals surface area (Å²) in [6.45, 7) is 2.91. The standard InChI is InChI=1S/C27H33N9O4/c1-13-8-21(33-36-22(13)15(3)30-24(36)27(23(28)37)11-14(27)2)32-20-10-18-19(12-29-20)34(4)26(39)35(18)17-7-6-16(9-17)31-25(38)40-5/h8,10,12,14,16-17H,6-7,9,11H2,1-5H3,(H2,28,37)(H,31,38)(H,29,32,33)/i4D3,16D. The number of fused-ring (bicyclic) bond motifs is 2. The molecule has 0 bridgehead atoms. The predicted molar refractivity (Wildman–Crippen MR) is 148 cm³/mol. The van der Waals surface area contributed by atoms with E-state index in [1.54, 1.807) is 16.6 Å². The number of imidazole rings is 2. The molecule has 4 heterocycles. The number of aromatic nitrogens is 6. The normalized spacial score (nSPS) is 27.6. The molecule has 13 nitrogen and oxygen atoms in total. The fraction of sp³-hybridized carbons (Fsp3) is 0.481. The second kappa shape index (κ2) is 9.07. The number of carbonyl (C=O) groups is 2. The van der Waals surface area contributed by atoms with E-state index in [1.165, 1.54) is 17.9 Å². The van der Waals surface area contributed by atoms with Gasteiger partial charge in [0.2, 0.25) is 5.91 Å². The molecule has 2 fully saturated rings. The van der Waals surface area contributed by atoms with Gasteiger partial charge in [-0.25, -0.2) is 24.1 Å². The third kappa shape index (κ3) is 3.82. The van der Waals surface area contributed by atoms with Crippen LogP contribution in [0.2, 0.25) is 0 Å². The fourth-order valence-electron chi connectivity index (χ4n) is 6.05. The maximum Gasteiger partial charge on any atom is 0.407 e. The van der Waals surface area contributed by atoms with Crippen molar-refractivity contribution in [3.63, 3.8) is 0 Å². The minimum absolute atomic E-state index is 0.0210. The van der Waals surface area contributed by atoms with Gasteiger partial charge in [-0.15, -0.1) is 5.10 Å². The molecule has 6 rings (SSSR count). The molecule has 4 atom stereocenters. The van der Waals surface area contributed by atoms with Crippen LogP contribution in [-0.4, -0.2) is 53.8 Å². The van der Waals surface area contributed by atoms with Crippen LogP contribution in [0.15, 0.2) is 23.1 Å². The van der Waals surface area contributed by atoms with E-state index in [4.69, 9.17) is 16.3 Å². The number of aryl methyl sites for hydroxylation is 3. The van der Waals surface area contributed by atoms with E-state index in [1.807, 2.05) is 20.8 Å². The zero-order valence-electron chi connectivity index (χ0n) is 26.6. The maximum absolute atomic E-state index is 13.6. The Labute approximate surface area is 235 Å².